The summed E-state index contributed by atoms with van der Waals surface area (Å²) in [4.78, 5) is 13.0. The predicted octanol–water partition coefficient (Wildman–Crippen LogP) is 6.54. The zero-order valence-electron chi connectivity index (χ0n) is 40.8. The van der Waals surface area contributed by atoms with E-state index in [1.807, 2.05) is 6.92 Å². The van der Waals surface area contributed by atoms with Crippen LogP contribution in [-0.2, 0) is 23.7 Å². The molecule has 386 valence electrons. The van der Waals surface area contributed by atoms with Crippen molar-refractivity contribution in [3.8, 4) is 0 Å². The Hall–Kier alpha value is -3.35. The Morgan fingerprint density at radius 1 is 0.544 bits per heavy atom. The third-order valence-electron chi connectivity index (χ3n) is 11.4. The number of aliphatic hydroxyl groups excluding tert-OH is 8. The van der Waals surface area contributed by atoms with Crippen LogP contribution in [0, 0.1) is 0 Å². The fourth-order valence-electron chi connectivity index (χ4n) is 7.37. The van der Waals surface area contributed by atoms with Crippen LogP contribution in [0.25, 0.3) is 0 Å². The minimum Gasteiger partial charge on any atom is -0.394 e. The van der Waals surface area contributed by atoms with Crippen molar-refractivity contribution in [1.29, 1.82) is 0 Å². The minimum atomic E-state index is -1.79. The van der Waals surface area contributed by atoms with Crippen molar-refractivity contribution in [3.05, 3.63) is 109 Å². The molecule has 9 N–H and O–H groups in total. The van der Waals surface area contributed by atoms with Crippen molar-refractivity contribution in [2.45, 2.75) is 203 Å². The lowest BCUT2D eigenvalue weighted by atomic mass is 9.97. The molecule has 14 nitrogen and oxygen atoms in total. The van der Waals surface area contributed by atoms with Crippen LogP contribution in [-0.4, -0.2) is 140 Å². The molecule has 0 aromatic rings. The number of rotatable bonds is 36. The highest BCUT2D eigenvalue weighted by atomic mass is 16.7. The molecular formula is C54H87NO13. The maximum Gasteiger partial charge on any atom is 0.220 e. The number of ether oxygens (including phenoxy) is 4. The van der Waals surface area contributed by atoms with Gasteiger partial charge in [0.2, 0.25) is 5.91 Å². The van der Waals surface area contributed by atoms with E-state index < -0.39 is 86.8 Å². The van der Waals surface area contributed by atoms with Crippen LogP contribution >= 0.6 is 0 Å². The molecule has 0 aliphatic carbocycles. The van der Waals surface area contributed by atoms with Gasteiger partial charge in [0.15, 0.2) is 12.6 Å². The molecule has 0 aromatic carbocycles. The summed E-state index contributed by atoms with van der Waals surface area (Å²) in [7, 11) is 0. The van der Waals surface area contributed by atoms with Gasteiger partial charge in [-0.25, -0.2) is 0 Å². The first-order valence-corrected chi connectivity index (χ1v) is 25.1. The molecule has 2 aliphatic rings. The van der Waals surface area contributed by atoms with E-state index >= 15 is 0 Å². The van der Waals surface area contributed by atoms with Gasteiger partial charge in [0.05, 0.1) is 32.0 Å². The molecule has 14 heteroatoms. The minimum absolute atomic E-state index is 0.253. The summed E-state index contributed by atoms with van der Waals surface area (Å²) in [6, 6.07) is -0.926. The number of carbonyl (C=O) groups is 1. The normalized spacial score (nSPS) is 27.3. The Kier molecular flexibility index (Phi) is 35.2. The second-order valence-corrected chi connectivity index (χ2v) is 17.2. The van der Waals surface area contributed by atoms with Crippen LogP contribution in [0.15, 0.2) is 109 Å². The van der Waals surface area contributed by atoms with E-state index in [-0.39, 0.29) is 18.9 Å². The summed E-state index contributed by atoms with van der Waals surface area (Å²) < 4.78 is 22.4. The number of aliphatic hydroxyl groups is 8. The Morgan fingerprint density at radius 3 is 1.53 bits per heavy atom. The van der Waals surface area contributed by atoms with Crippen molar-refractivity contribution in [1.82, 2.24) is 5.32 Å². The second-order valence-electron chi connectivity index (χ2n) is 17.2. The van der Waals surface area contributed by atoms with Gasteiger partial charge in [-0.1, -0.05) is 155 Å². The number of allylic oxidation sites excluding steroid dienone is 17. The zero-order chi connectivity index (χ0) is 49.6. The van der Waals surface area contributed by atoms with E-state index in [2.05, 4.69) is 109 Å². The standard InChI is InChI=1S/C54H87NO13/c1-3-5-7-8-9-10-11-12-13-14-15-16-17-18-19-20-21-22-23-24-25-26-27-28-29-30-31-32-33-34-36-38-46(59)55-42(43(58)37-35-6-4-2)41-65-53-51(64)49(62)52(45(40-57)67-53)68-54-50(63)48(61)47(60)44(39-56)66-54/h5,7,9-10,12-13,15-16,18-19,21-22,24-25,27-28,35,37,42-45,47-54,56-58,60-64H,3-4,6,8,11,14,17,20,23,26,29-34,36,38-41H2,1-2H3,(H,55,59)/b7-5-,10-9-,13-12-,16-15-,19-18-,22-21-,25-24-,28-27-,37-35+. The Morgan fingerprint density at radius 2 is 1.01 bits per heavy atom. The third-order valence-corrected chi connectivity index (χ3v) is 11.4. The molecule has 0 saturated carbocycles. The maximum atomic E-state index is 13.0. The summed E-state index contributed by atoms with van der Waals surface area (Å²) in [6.07, 6.45) is 38.2. The van der Waals surface area contributed by atoms with Gasteiger partial charge in [0.25, 0.3) is 0 Å². The van der Waals surface area contributed by atoms with Gasteiger partial charge in [-0.15, -0.1) is 0 Å². The first-order valence-electron chi connectivity index (χ1n) is 25.1. The number of unbranched alkanes of at least 4 members (excludes halogenated alkanes) is 7. The Balaban J connectivity index is 1.61. The van der Waals surface area contributed by atoms with Crippen LogP contribution in [0.4, 0.5) is 0 Å². The van der Waals surface area contributed by atoms with Gasteiger partial charge in [0, 0.05) is 6.42 Å². The summed E-state index contributed by atoms with van der Waals surface area (Å²) in [5, 5.41) is 85.8. The van der Waals surface area contributed by atoms with E-state index in [1.54, 1.807) is 12.2 Å². The molecule has 12 unspecified atom stereocenters. The molecule has 1 amide bonds. The first-order chi connectivity index (χ1) is 33.1. The number of nitrogens with one attached hydrogen (secondary N) is 1. The fraction of sp³-hybridized carbons (Fsp3) is 0.648. The Bertz CT molecular complexity index is 1550. The highest BCUT2D eigenvalue weighted by Crippen LogP contribution is 2.30. The maximum absolute atomic E-state index is 13.0. The molecule has 2 fully saturated rings. The van der Waals surface area contributed by atoms with Crippen molar-refractivity contribution >= 4 is 5.91 Å². The SMILES string of the molecule is CC/C=C\C/C=C\C/C=C\C/C=C\C/C=C\C/C=C\C/C=C\C/C=C\CCCCCCCCC(=O)NC(COC1OC(CO)C(OC2OC(CO)C(O)C(O)C2O)C(O)C1O)C(O)/C=C/CCC. The van der Waals surface area contributed by atoms with Crippen molar-refractivity contribution in [2.75, 3.05) is 19.8 Å². The lowest BCUT2D eigenvalue weighted by Gasteiger charge is -2.46. The van der Waals surface area contributed by atoms with E-state index in [9.17, 15) is 45.6 Å². The number of amides is 1. The Labute approximate surface area is 406 Å². The van der Waals surface area contributed by atoms with E-state index in [0.717, 1.165) is 96.3 Å². The van der Waals surface area contributed by atoms with Crippen molar-refractivity contribution in [3.63, 3.8) is 0 Å². The lowest BCUT2D eigenvalue weighted by Crippen LogP contribution is -2.65. The quantitative estimate of drug-likeness (QED) is 0.0241. The fourth-order valence-corrected chi connectivity index (χ4v) is 7.37. The van der Waals surface area contributed by atoms with Crippen molar-refractivity contribution < 1.29 is 64.6 Å². The number of carbonyl (C=O) groups excluding carboxylic acids is 1. The summed E-state index contributed by atoms with van der Waals surface area (Å²) in [5.41, 5.74) is 0. The highest BCUT2D eigenvalue weighted by Gasteiger charge is 2.51. The molecule has 0 bridgehead atoms. The molecule has 0 spiro atoms. The largest absolute Gasteiger partial charge is 0.394 e. The lowest BCUT2D eigenvalue weighted by molar-refractivity contribution is -0.359. The van der Waals surface area contributed by atoms with Crippen LogP contribution in [0.3, 0.4) is 0 Å². The number of hydrogen-bond donors (Lipinski definition) is 9. The zero-order valence-corrected chi connectivity index (χ0v) is 40.8. The van der Waals surface area contributed by atoms with Crippen molar-refractivity contribution in [2.24, 2.45) is 0 Å². The van der Waals surface area contributed by atoms with Crippen LogP contribution in [0.2, 0.25) is 0 Å². The van der Waals surface area contributed by atoms with E-state index in [1.165, 1.54) is 0 Å². The summed E-state index contributed by atoms with van der Waals surface area (Å²) in [6.45, 7) is 2.39. The molecule has 0 aromatic heterocycles. The summed E-state index contributed by atoms with van der Waals surface area (Å²) in [5.74, 6) is -0.274. The van der Waals surface area contributed by atoms with Gasteiger partial charge in [-0.05, 0) is 77.0 Å². The second kappa shape index (κ2) is 39.4. The average molecular weight is 958 g/mol. The monoisotopic (exact) mass is 958 g/mol. The molecule has 12 atom stereocenters. The molecule has 2 heterocycles. The molecular weight excluding hydrogens is 871 g/mol. The molecule has 68 heavy (non-hydrogen) atoms. The van der Waals surface area contributed by atoms with Gasteiger partial charge in [0.1, 0.15) is 48.8 Å². The van der Waals surface area contributed by atoms with Gasteiger partial charge >= 0.3 is 0 Å². The molecule has 0 radical (unpaired) electrons. The van der Waals surface area contributed by atoms with Gasteiger partial charge in [-0.2, -0.15) is 0 Å². The van der Waals surface area contributed by atoms with Crippen LogP contribution < -0.4 is 5.32 Å². The highest BCUT2D eigenvalue weighted by molar-refractivity contribution is 5.76. The van der Waals surface area contributed by atoms with Gasteiger partial charge in [-0.3, -0.25) is 4.79 Å². The summed E-state index contributed by atoms with van der Waals surface area (Å²) >= 11 is 0. The van der Waals surface area contributed by atoms with Gasteiger partial charge < -0.3 is 65.1 Å². The third kappa shape index (κ3) is 26.0. The van der Waals surface area contributed by atoms with E-state index in [4.69, 9.17) is 18.9 Å². The molecule has 2 aliphatic heterocycles. The van der Waals surface area contributed by atoms with Crippen LogP contribution in [0.5, 0.6) is 0 Å². The number of hydrogen-bond acceptors (Lipinski definition) is 13. The topological polar surface area (TPSA) is 228 Å². The predicted molar refractivity (Wildman–Crippen MR) is 267 cm³/mol. The van der Waals surface area contributed by atoms with Crippen LogP contribution in [0.1, 0.15) is 129 Å². The molecule has 2 saturated heterocycles. The first kappa shape index (κ1) is 60.8. The average Bonchev–Trinajstić information content (AvgIpc) is 3.33. The molecule has 2 rings (SSSR count). The van der Waals surface area contributed by atoms with E-state index in [0.29, 0.717) is 12.8 Å². The smallest absolute Gasteiger partial charge is 0.220 e.